The van der Waals surface area contributed by atoms with Crippen molar-refractivity contribution >= 4 is 62.5 Å². The number of amides is 2. The van der Waals surface area contributed by atoms with Crippen molar-refractivity contribution < 1.29 is 14.3 Å². The highest BCUT2D eigenvalue weighted by atomic mass is 79.9. The van der Waals surface area contributed by atoms with Gasteiger partial charge in [-0.05, 0) is 73.5 Å². The normalized spacial score (nSPS) is 12.2. The van der Waals surface area contributed by atoms with Gasteiger partial charge in [-0.15, -0.1) is 0 Å². The number of nitrogens with one attached hydrogen (secondary N) is 1. The average molecular weight is 565 g/mol. The lowest BCUT2D eigenvalue weighted by atomic mass is 10.1. The Labute approximate surface area is 212 Å². The highest BCUT2D eigenvalue weighted by molar-refractivity contribution is 9.10. The van der Waals surface area contributed by atoms with E-state index in [1.54, 1.807) is 36.4 Å². The lowest BCUT2D eigenvalue weighted by Gasteiger charge is -2.33. The van der Waals surface area contributed by atoms with E-state index in [0.29, 0.717) is 37.3 Å². The quantitative estimate of drug-likeness (QED) is 0.398. The number of benzene rings is 2. The van der Waals surface area contributed by atoms with Gasteiger partial charge in [-0.2, -0.15) is 0 Å². The van der Waals surface area contributed by atoms with Crippen molar-refractivity contribution in [2.45, 2.75) is 52.2 Å². The van der Waals surface area contributed by atoms with E-state index in [-0.39, 0.29) is 25.0 Å². The van der Waals surface area contributed by atoms with Crippen LogP contribution in [0.3, 0.4) is 0 Å². The maximum Gasteiger partial charge on any atom is 0.261 e. The van der Waals surface area contributed by atoms with Gasteiger partial charge in [0.15, 0.2) is 6.61 Å². The van der Waals surface area contributed by atoms with Crippen molar-refractivity contribution in [3.8, 4) is 5.75 Å². The molecule has 174 valence electrons. The summed E-state index contributed by atoms with van der Waals surface area (Å²) in [7, 11) is 0. The molecule has 0 aliphatic heterocycles. The molecule has 1 atom stereocenters. The Bertz CT molecular complexity index is 959. The van der Waals surface area contributed by atoms with Crippen molar-refractivity contribution in [3.63, 3.8) is 0 Å². The first-order valence-corrected chi connectivity index (χ1v) is 12.0. The molecule has 0 aliphatic rings. The topological polar surface area (TPSA) is 58.6 Å². The third-order valence-electron chi connectivity index (χ3n) is 4.52. The van der Waals surface area contributed by atoms with Gasteiger partial charge in [-0.1, -0.05) is 47.8 Å². The van der Waals surface area contributed by atoms with Crippen LogP contribution >= 0.6 is 50.7 Å². The van der Waals surface area contributed by atoms with Gasteiger partial charge in [-0.25, -0.2) is 0 Å². The van der Waals surface area contributed by atoms with E-state index in [1.165, 1.54) is 4.90 Å². The summed E-state index contributed by atoms with van der Waals surface area (Å²) in [4.78, 5) is 27.8. The lowest BCUT2D eigenvalue weighted by molar-refractivity contribution is -0.143. The molecule has 0 saturated carbocycles. The standard InChI is InChI=1S/C23H26BrCl3N2O3/c1-5-19(22(31)28-23(2,3)4)29(12-15-17(26)7-6-8-18(15)27)21(30)13-32-20-10-9-14(25)11-16(20)24/h6-11,19H,5,12-13H2,1-4H3,(H,28,31)/t19-/m1/s1. The summed E-state index contributed by atoms with van der Waals surface area (Å²) in [5.74, 6) is -0.173. The van der Waals surface area contributed by atoms with Gasteiger partial charge in [0.25, 0.3) is 5.91 Å². The van der Waals surface area contributed by atoms with E-state index in [2.05, 4.69) is 21.2 Å². The van der Waals surface area contributed by atoms with Crippen LogP contribution in [0.2, 0.25) is 15.1 Å². The second-order valence-electron chi connectivity index (χ2n) is 8.25. The van der Waals surface area contributed by atoms with Crippen LogP contribution in [0.1, 0.15) is 39.7 Å². The van der Waals surface area contributed by atoms with E-state index in [4.69, 9.17) is 39.5 Å². The molecule has 0 saturated heterocycles. The molecule has 0 unspecified atom stereocenters. The van der Waals surface area contributed by atoms with Crippen molar-refractivity contribution in [2.24, 2.45) is 0 Å². The fourth-order valence-electron chi connectivity index (χ4n) is 3.04. The molecule has 2 rings (SSSR count). The third kappa shape index (κ3) is 7.55. The Morgan fingerprint density at radius 1 is 1.12 bits per heavy atom. The first kappa shape index (κ1) is 26.8. The Balaban J connectivity index is 2.33. The van der Waals surface area contributed by atoms with Gasteiger partial charge >= 0.3 is 0 Å². The van der Waals surface area contributed by atoms with Crippen LogP contribution in [-0.2, 0) is 16.1 Å². The third-order valence-corrected chi connectivity index (χ3v) is 6.08. The molecular formula is C23H26BrCl3N2O3. The van der Waals surface area contributed by atoms with Crippen LogP contribution in [0.25, 0.3) is 0 Å². The summed E-state index contributed by atoms with van der Waals surface area (Å²) < 4.78 is 6.33. The van der Waals surface area contributed by atoms with Gasteiger partial charge in [0.2, 0.25) is 5.91 Å². The van der Waals surface area contributed by atoms with Crippen LogP contribution < -0.4 is 10.1 Å². The zero-order chi connectivity index (χ0) is 24.1. The van der Waals surface area contributed by atoms with E-state index in [9.17, 15) is 9.59 Å². The molecule has 0 radical (unpaired) electrons. The molecule has 9 heteroatoms. The van der Waals surface area contributed by atoms with Crippen molar-refractivity contribution in [3.05, 3.63) is 61.5 Å². The maximum absolute atomic E-state index is 13.3. The molecule has 2 amide bonds. The molecule has 0 heterocycles. The smallest absolute Gasteiger partial charge is 0.261 e. The van der Waals surface area contributed by atoms with Crippen LogP contribution in [0.15, 0.2) is 40.9 Å². The predicted molar refractivity (Wildman–Crippen MR) is 134 cm³/mol. The minimum Gasteiger partial charge on any atom is -0.483 e. The Hall–Kier alpha value is -1.47. The van der Waals surface area contributed by atoms with Crippen molar-refractivity contribution in [2.75, 3.05) is 6.61 Å². The van der Waals surface area contributed by atoms with E-state index < -0.39 is 11.6 Å². The first-order valence-electron chi connectivity index (χ1n) is 10.0. The summed E-state index contributed by atoms with van der Waals surface area (Å²) in [6.45, 7) is 7.29. The number of ether oxygens (including phenoxy) is 1. The number of hydrogen-bond donors (Lipinski definition) is 1. The highest BCUT2D eigenvalue weighted by Gasteiger charge is 2.31. The summed E-state index contributed by atoms with van der Waals surface area (Å²) in [5, 5.41) is 4.32. The summed E-state index contributed by atoms with van der Waals surface area (Å²) >= 11 is 22.0. The molecule has 0 aromatic heterocycles. The van der Waals surface area contributed by atoms with Crippen LogP contribution in [-0.4, -0.2) is 34.9 Å². The van der Waals surface area contributed by atoms with Crippen LogP contribution in [0.5, 0.6) is 5.75 Å². The summed E-state index contributed by atoms with van der Waals surface area (Å²) in [6.07, 6.45) is 0.403. The molecule has 5 nitrogen and oxygen atoms in total. The summed E-state index contributed by atoms with van der Waals surface area (Å²) in [6, 6.07) is 9.40. The van der Waals surface area contributed by atoms with E-state index in [1.807, 2.05) is 27.7 Å². The molecule has 0 aliphatic carbocycles. The maximum atomic E-state index is 13.3. The number of nitrogens with zero attached hydrogens (tertiary/aromatic N) is 1. The molecule has 0 fully saturated rings. The minimum absolute atomic E-state index is 0.0680. The molecule has 2 aromatic rings. The molecule has 2 aromatic carbocycles. The molecule has 32 heavy (non-hydrogen) atoms. The lowest BCUT2D eigenvalue weighted by Crippen LogP contribution is -2.54. The largest absolute Gasteiger partial charge is 0.483 e. The van der Waals surface area contributed by atoms with Gasteiger partial charge in [-0.3, -0.25) is 9.59 Å². The van der Waals surface area contributed by atoms with Gasteiger partial charge in [0, 0.05) is 32.7 Å². The van der Waals surface area contributed by atoms with Crippen molar-refractivity contribution in [1.82, 2.24) is 10.2 Å². The van der Waals surface area contributed by atoms with Gasteiger partial charge in [0.1, 0.15) is 11.8 Å². The monoisotopic (exact) mass is 562 g/mol. The second kappa shape index (κ2) is 11.6. The number of carbonyl (C=O) groups excluding carboxylic acids is 2. The average Bonchev–Trinajstić information content (AvgIpc) is 2.67. The fourth-order valence-corrected chi connectivity index (χ4v) is 4.35. The molecular weight excluding hydrogens is 539 g/mol. The van der Waals surface area contributed by atoms with Crippen LogP contribution in [0, 0.1) is 0 Å². The number of hydrogen-bond acceptors (Lipinski definition) is 3. The number of halogens is 4. The van der Waals surface area contributed by atoms with Gasteiger partial charge in [0.05, 0.1) is 4.47 Å². The Morgan fingerprint density at radius 2 is 1.75 bits per heavy atom. The number of carbonyl (C=O) groups is 2. The van der Waals surface area contributed by atoms with Gasteiger partial charge < -0.3 is 15.0 Å². The molecule has 0 spiro atoms. The van der Waals surface area contributed by atoms with E-state index >= 15 is 0 Å². The fraction of sp³-hybridized carbons (Fsp3) is 0.391. The first-order chi connectivity index (χ1) is 14.9. The summed E-state index contributed by atoms with van der Waals surface area (Å²) in [5.41, 5.74) is 0.116. The zero-order valence-corrected chi connectivity index (χ0v) is 22.2. The minimum atomic E-state index is -0.730. The zero-order valence-electron chi connectivity index (χ0n) is 18.3. The molecule has 0 bridgehead atoms. The van der Waals surface area contributed by atoms with E-state index in [0.717, 1.165) is 0 Å². The SMILES string of the molecule is CC[C@H](C(=O)NC(C)(C)C)N(Cc1c(Cl)cccc1Cl)C(=O)COc1ccc(Cl)cc1Br. The Morgan fingerprint density at radius 3 is 2.28 bits per heavy atom. The van der Waals surface area contributed by atoms with Crippen LogP contribution in [0.4, 0.5) is 0 Å². The highest BCUT2D eigenvalue weighted by Crippen LogP contribution is 2.29. The second-order valence-corrected chi connectivity index (χ2v) is 10.4. The Kier molecular flexibility index (Phi) is 9.70. The molecule has 1 N–H and O–H groups in total. The predicted octanol–water partition coefficient (Wildman–Crippen LogP) is 6.51. The van der Waals surface area contributed by atoms with Crippen molar-refractivity contribution in [1.29, 1.82) is 0 Å². The number of rotatable bonds is 8.